The van der Waals surface area contributed by atoms with E-state index in [1.54, 1.807) is 0 Å². The summed E-state index contributed by atoms with van der Waals surface area (Å²) in [6.45, 7) is -0.699. The molecule has 0 bridgehead atoms. The van der Waals surface area contributed by atoms with Crippen molar-refractivity contribution in [1.82, 2.24) is 0 Å². The van der Waals surface area contributed by atoms with E-state index in [1.165, 1.54) is 0 Å². The minimum absolute atomic E-state index is 0.201. The predicted octanol–water partition coefficient (Wildman–Crippen LogP) is -3.68. The van der Waals surface area contributed by atoms with Crippen molar-refractivity contribution >= 4 is 11.9 Å². The van der Waals surface area contributed by atoms with E-state index in [2.05, 4.69) is 10.2 Å². The highest BCUT2D eigenvalue weighted by molar-refractivity contribution is 6.32. The summed E-state index contributed by atoms with van der Waals surface area (Å²) in [5.41, 5.74) is -0.201. The summed E-state index contributed by atoms with van der Waals surface area (Å²) >= 11 is 0. The standard InChI is InChI=1S/C6H14N4O4/c7-9-1-3(10-8)5(13)6(14)4(12)2-11/h1,4-6,11-14H,2,7-8H2/b9-1-,10-3-. The van der Waals surface area contributed by atoms with Crippen molar-refractivity contribution in [3.05, 3.63) is 0 Å². The van der Waals surface area contributed by atoms with E-state index in [1.807, 2.05) is 0 Å². The van der Waals surface area contributed by atoms with Crippen molar-refractivity contribution in [3.63, 3.8) is 0 Å². The molecule has 3 atom stereocenters. The van der Waals surface area contributed by atoms with Gasteiger partial charge in [-0.25, -0.2) is 0 Å². The molecule has 8 N–H and O–H groups in total. The largest absolute Gasteiger partial charge is 0.394 e. The molecule has 0 saturated heterocycles. The van der Waals surface area contributed by atoms with Gasteiger partial charge < -0.3 is 32.1 Å². The topological polar surface area (TPSA) is 158 Å². The lowest BCUT2D eigenvalue weighted by Crippen LogP contribution is -2.44. The van der Waals surface area contributed by atoms with Gasteiger partial charge in [-0.05, 0) is 0 Å². The lowest BCUT2D eigenvalue weighted by atomic mass is 10.0. The molecule has 8 nitrogen and oxygen atoms in total. The highest BCUT2D eigenvalue weighted by Crippen LogP contribution is 2.01. The second kappa shape index (κ2) is 6.27. The van der Waals surface area contributed by atoms with Gasteiger partial charge in [0.2, 0.25) is 0 Å². The van der Waals surface area contributed by atoms with E-state index >= 15 is 0 Å². The van der Waals surface area contributed by atoms with Crippen LogP contribution in [0.15, 0.2) is 10.2 Å². The first-order valence-electron chi connectivity index (χ1n) is 3.74. The average molecular weight is 206 g/mol. The van der Waals surface area contributed by atoms with E-state index in [4.69, 9.17) is 21.9 Å². The molecule has 0 aliphatic carbocycles. The molecule has 0 heterocycles. The summed E-state index contributed by atoms with van der Waals surface area (Å²) in [6, 6.07) is 0. The number of aliphatic hydroxyl groups excluding tert-OH is 4. The Bertz CT molecular complexity index is 220. The lowest BCUT2D eigenvalue weighted by molar-refractivity contribution is -0.0549. The monoisotopic (exact) mass is 206 g/mol. The Kier molecular flexibility index (Phi) is 5.72. The van der Waals surface area contributed by atoms with Crippen LogP contribution in [0.25, 0.3) is 0 Å². The zero-order valence-electron chi connectivity index (χ0n) is 7.35. The van der Waals surface area contributed by atoms with E-state index in [-0.39, 0.29) is 5.71 Å². The van der Waals surface area contributed by atoms with Gasteiger partial charge in [0.05, 0.1) is 12.8 Å². The number of nitrogens with two attached hydrogens (primary N) is 2. The van der Waals surface area contributed by atoms with Crippen molar-refractivity contribution in [1.29, 1.82) is 0 Å². The van der Waals surface area contributed by atoms with Crippen LogP contribution in [0.5, 0.6) is 0 Å². The van der Waals surface area contributed by atoms with Gasteiger partial charge in [0, 0.05) is 0 Å². The molecule has 0 fully saturated rings. The smallest absolute Gasteiger partial charge is 0.128 e. The lowest BCUT2D eigenvalue weighted by Gasteiger charge is -2.20. The molecule has 0 aliphatic heterocycles. The van der Waals surface area contributed by atoms with Crippen LogP contribution < -0.4 is 11.7 Å². The van der Waals surface area contributed by atoms with Gasteiger partial charge in [-0.15, -0.1) is 0 Å². The van der Waals surface area contributed by atoms with E-state index in [0.717, 1.165) is 6.21 Å². The number of aliphatic hydroxyl groups is 4. The fraction of sp³-hybridized carbons (Fsp3) is 0.667. The third-order valence-electron chi connectivity index (χ3n) is 1.56. The quantitative estimate of drug-likeness (QED) is 0.154. The van der Waals surface area contributed by atoms with Crippen LogP contribution in [0, 0.1) is 0 Å². The molecule has 82 valence electrons. The molecule has 0 radical (unpaired) electrons. The van der Waals surface area contributed by atoms with Gasteiger partial charge in [-0.1, -0.05) is 0 Å². The Balaban J connectivity index is 4.50. The Hall–Kier alpha value is -1.22. The Morgan fingerprint density at radius 3 is 2.21 bits per heavy atom. The van der Waals surface area contributed by atoms with Crippen LogP contribution in [0.1, 0.15) is 0 Å². The van der Waals surface area contributed by atoms with Gasteiger partial charge in [-0.3, -0.25) is 0 Å². The molecule has 0 aromatic heterocycles. The molecule has 0 saturated carbocycles. The summed E-state index contributed by atoms with van der Waals surface area (Å²) in [6.07, 6.45) is -3.74. The molecule has 0 amide bonds. The summed E-state index contributed by atoms with van der Waals surface area (Å²) < 4.78 is 0. The summed E-state index contributed by atoms with van der Waals surface area (Å²) in [5.74, 6) is 9.65. The first kappa shape index (κ1) is 12.8. The van der Waals surface area contributed by atoms with Gasteiger partial charge in [0.25, 0.3) is 0 Å². The van der Waals surface area contributed by atoms with Crippen molar-refractivity contribution in [2.45, 2.75) is 18.3 Å². The zero-order valence-corrected chi connectivity index (χ0v) is 7.35. The van der Waals surface area contributed by atoms with Crippen molar-refractivity contribution in [3.8, 4) is 0 Å². The molecule has 0 aromatic rings. The molecule has 0 spiro atoms. The summed E-state index contributed by atoms with van der Waals surface area (Å²) in [5, 5.41) is 42.2. The number of hydrazone groups is 2. The second-order valence-corrected chi connectivity index (χ2v) is 2.52. The molecule has 3 unspecified atom stereocenters. The Morgan fingerprint density at radius 1 is 1.29 bits per heavy atom. The first-order valence-corrected chi connectivity index (χ1v) is 3.74. The maximum Gasteiger partial charge on any atom is 0.128 e. The van der Waals surface area contributed by atoms with Crippen LogP contribution in [0.3, 0.4) is 0 Å². The normalized spacial score (nSPS) is 19.6. The molecule has 8 heteroatoms. The number of hydrogen-bond donors (Lipinski definition) is 6. The van der Waals surface area contributed by atoms with Gasteiger partial charge in [0.1, 0.15) is 24.0 Å². The molecule has 14 heavy (non-hydrogen) atoms. The van der Waals surface area contributed by atoms with Gasteiger partial charge in [0.15, 0.2) is 0 Å². The van der Waals surface area contributed by atoms with Crippen LogP contribution in [-0.2, 0) is 0 Å². The first-order chi connectivity index (χ1) is 6.58. The maximum atomic E-state index is 9.33. The van der Waals surface area contributed by atoms with E-state index in [0.29, 0.717) is 0 Å². The van der Waals surface area contributed by atoms with Crippen LogP contribution >= 0.6 is 0 Å². The van der Waals surface area contributed by atoms with Crippen molar-refractivity contribution in [2.75, 3.05) is 6.61 Å². The van der Waals surface area contributed by atoms with Crippen LogP contribution in [-0.4, -0.2) is 57.3 Å². The Morgan fingerprint density at radius 2 is 1.86 bits per heavy atom. The van der Waals surface area contributed by atoms with Crippen molar-refractivity contribution in [2.24, 2.45) is 21.9 Å². The third-order valence-corrected chi connectivity index (χ3v) is 1.56. The second-order valence-electron chi connectivity index (χ2n) is 2.52. The number of nitrogens with zero attached hydrogens (tertiary/aromatic N) is 2. The van der Waals surface area contributed by atoms with Crippen LogP contribution in [0.4, 0.5) is 0 Å². The van der Waals surface area contributed by atoms with E-state index in [9.17, 15) is 10.2 Å². The fourth-order valence-electron chi connectivity index (χ4n) is 0.756. The SMILES string of the molecule is N/N=C\C(=N\N)C(O)C(O)C(O)CO. The molecular weight excluding hydrogens is 192 g/mol. The molecule has 0 aliphatic rings. The van der Waals surface area contributed by atoms with Gasteiger partial charge in [-0.2, -0.15) is 10.2 Å². The fourth-order valence-corrected chi connectivity index (χ4v) is 0.756. The van der Waals surface area contributed by atoms with E-state index < -0.39 is 24.9 Å². The summed E-state index contributed by atoms with van der Waals surface area (Å²) in [4.78, 5) is 0. The number of hydrogen-bond acceptors (Lipinski definition) is 8. The predicted molar refractivity (Wildman–Crippen MR) is 49.4 cm³/mol. The maximum absolute atomic E-state index is 9.33. The minimum Gasteiger partial charge on any atom is -0.394 e. The Labute approximate surface area is 80.2 Å². The third kappa shape index (κ3) is 3.26. The highest BCUT2D eigenvalue weighted by atomic mass is 16.4. The van der Waals surface area contributed by atoms with Crippen molar-refractivity contribution < 1.29 is 20.4 Å². The average Bonchev–Trinajstić information content (AvgIpc) is 2.22. The van der Waals surface area contributed by atoms with Gasteiger partial charge >= 0.3 is 0 Å². The molecular formula is C6H14N4O4. The number of rotatable bonds is 5. The summed E-state index contributed by atoms with van der Waals surface area (Å²) in [7, 11) is 0. The van der Waals surface area contributed by atoms with Crippen LogP contribution in [0.2, 0.25) is 0 Å². The molecule has 0 aromatic carbocycles. The minimum atomic E-state index is -1.61. The zero-order chi connectivity index (χ0) is 11.1. The molecule has 0 rings (SSSR count). The highest BCUT2D eigenvalue weighted by Gasteiger charge is 2.27.